The zero-order chi connectivity index (χ0) is 15.6. The van der Waals surface area contributed by atoms with Gasteiger partial charge in [-0.25, -0.2) is 9.59 Å². The number of amides is 1. The Labute approximate surface area is 122 Å². The second kappa shape index (κ2) is 5.90. The van der Waals surface area contributed by atoms with E-state index in [2.05, 4.69) is 14.7 Å². The van der Waals surface area contributed by atoms with Crippen LogP contribution >= 0.6 is 0 Å². The molecule has 0 N–H and O–H groups in total. The van der Waals surface area contributed by atoms with E-state index in [-0.39, 0.29) is 17.9 Å². The average molecular weight is 290 g/mol. The molecule has 0 aromatic carbocycles. The van der Waals surface area contributed by atoms with E-state index >= 15 is 0 Å². The van der Waals surface area contributed by atoms with Gasteiger partial charge in [0.05, 0.1) is 0 Å². The summed E-state index contributed by atoms with van der Waals surface area (Å²) in [6.07, 6.45) is 3.12. The topological polar surface area (TPSA) is 81.2 Å². The molecule has 2 rings (SSSR count). The molecule has 0 fully saturated rings. The molecule has 0 unspecified atom stereocenters. The Hall–Kier alpha value is -2.44. The Morgan fingerprint density at radius 1 is 1.19 bits per heavy atom. The lowest BCUT2D eigenvalue weighted by molar-refractivity contribution is 0.165. The van der Waals surface area contributed by atoms with Gasteiger partial charge < -0.3 is 4.90 Å². The van der Waals surface area contributed by atoms with Crippen LogP contribution in [0.4, 0.5) is 4.79 Å². The first-order valence-corrected chi connectivity index (χ1v) is 6.75. The summed E-state index contributed by atoms with van der Waals surface area (Å²) < 4.78 is 5.62. The quantitative estimate of drug-likeness (QED) is 0.863. The average Bonchev–Trinajstić information content (AvgIpc) is 2.80. The summed E-state index contributed by atoms with van der Waals surface area (Å²) in [5, 5.41) is 3.71. The van der Waals surface area contributed by atoms with Crippen LogP contribution in [0.2, 0.25) is 0 Å². The molecule has 0 aliphatic rings. The zero-order valence-corrected chi connectivity index (χ0v) is 12.5. The number of aromatic nitrogens is 3. The van der Waals surface area contributed by atoms with Crippen LogP contribution in [0, 0.1) is 0 Å². The molecule has 0 saturated carbocycles. The SMILES string of the molecule is CC(C)N(C(=O)n1c(-c2ccncc2)noc1=O)C(C)C. The summed E-state index contributed by atoms with van der Waals surface area (Å²) in [5.74, 6) is -0.614. The maximum Gasteiger partial charge on any atom is 0.450 e. The molecule has 112 valence electrons. The molecule has 1 amide bonds. The van der Waals surface area contributed by atoms with Crippen molar-refractivity contribution in [2.45, 2.75) is 39.8 Å². The first-order chi connectivity index (χ1) is 9.93. The van der Waals surface area contributed by atoms with E-state index in [1.54, 1.807) is 29.4 Å². The van der Waals surface area contributed by atoms with Crippen molar-refractivity contribution in [3.63, 3.8) is 0 Å². The van der Waals surface area contributed by atoms with Gasteiger partial charge in [0, 0.05) is 30.0 Å². The minimum absolute atomic E-state index is 0.0513. The smallest absolute Gasteiger partial charge is 0.319 e. The van der Waals surface area contributed by atoms with Crippen molar-refractivity contribution in [1.29, 1.82) is 0 Å². The van der Waals surface area contributed by atoms with Gasteiger partial charge in [-0.15, -0.1) is 0 Å². The second-order valence-electron chi connectivity index (χ2n) is 5.22. The van der Waals surface area contributed by atoms with Crippen molar-refractivity contribution < 1.29 is 9.32 Å². The molecule has 0 radical (unpaired) electrons. The molecular weight excluding hydrogens is 272 g/mol. The number of carbonyl (C=O) groups excluding carboxylic acids is 1. The van der Waals surface area contributed by atoms with Gasteiger partial charge in [0.25, 0.3) is 0 Å². The summed E-state index contributed by atoms with van der Waals surface area (Å²) in [6.45, 7) is 7.57. The van der Waals surface area contributed by atoms with Gasteiger partial charge in [-0.1, -0.05) is 5.16 Å². The molecule has 2 heterocycles. The third kappa shape index (κ3) is 2.86. The van der Waals surface area contributed by atoms with Gasteiger partial charge in [0.15, 0.2) is 5.82 Å². The Balaban J connectivity index is 2.52. The summed E-state index contributed by atoms with van der Waals surface area (Å²) >= 11 is 0. The van der Waals surface area contributed by atoms with Crippen molar-refractivity contribution >= 4 is 6.03 Å². The molecule has 0 bridgehead atoms. The van der Waals surface area contributed by atoms with Crippen molar-refractivity contribution in [2.75, 3.05) is 0 Å². The van der Waals surface area contributed by atoms with Crippen molar-refractivity contribution in [2.24, 2.45) is 0 Å². The first-order valence-electron chi connectivity index (χ1n) is 6.75. The zero-order valence-electron chi connectivity index (χ0n) is 12.5. The fourth-order valence-electron chi connectivity index (χ4n) is 2.26. The third-order valence-electron chi connectivity index (χ3n) is 3.07. The maximum atomic E-state index is 12.7. The molecule has 2 aromatic heterocycles. The molecule has 21 heavy (non-hydrogen) atoms. The van der Waals surface area contributed by atoms with Gasteiger partial charge in [-0.05, 0) is 39.8 Å². The molecule has 0 saturated heterocycles. The van der Waals surface area contributed by atoms with Crippen molar-refractivity contribution in [3.8, 4) is 11.4 Å². The van der Waals surface area contributed by atoms with Gasteiger partial charge in [0.1, 0.15) is 0 Å². The predicted molar refractivity (Wildman–Crippen MR) is 76.9 cm³/mol. The Morgan fingerprint density at radius 3 is 2.29 bits per heavy atom. The number of rotatable bonds is 3. The Morgan fingerprint density at radius 2 is 1.76 bits per heavy atom. The molecule has 7 nitrogen and oxygen atoms in total. The summed E-state index contributed by atoms with van der Waals surface area (Å²) in [7, 11) is 0. The third-order valence-corrected chi connectivity index (χ3v) is 3.07. The molecule has 0 aliphatic carbocycles. The summed E-state index contributed by atoms with van der Waals surface area (Å²) in [6, 6.07) is 2.78. The highest BCUT2D eigenvalue weighted by molar-refractivity contribution is 5.81. The summed E-state index contributed by atoms with van der Waals surface area (Å²) in [5.41, 5.74) is 0.594. The summed E-state index contributed by atoms with van der Waals surface area (Å²) in [4.78, 5) is 30.1. The van der Waals surface area contributed by atoms with E-state index in [9.17, 15) is 9.59 Å². The second-order valence-corrected chi connectivity index (χ2v) is 5.22. The minimum atomic E-state index is -0.793. The Kier molecular flexibility index (Phi) is 4.21. The minimum Gasteiger partial charge on any atom is -0.319 e. The fourth-order valence-corrected chi connectivity index (χ4v) is 2.26. The first kappa shape index (κ1) is 15.0. The highest BCUT2D eigenvalue weighted by atomic mass is 16.5. The Bertz CT molecular complexity index is 665. The molecule has 2 aromatic rings. The maximum absolute atomic E-state index is 12.7. The number of hydrogen-bond acceptors (Lipinski definition) is 5. The van der Waals surface area contributed by atoms with Crippen LogP contribution in [0.15, 0.2) is 33.8 Å². The fraction of sp³-hybridized carbons (Fsp3) is 0.429. The van der Waals surface area contributed by atoms with Gasteiger partial charge in [-0.3, -0.25) is 9.51 Å². The van der Waals surface area contributed by atoms with Crippen LogP contribution in [-0.2, 0) is 0 Å². The highest BCUT2D eigenvalue weighted by Gasteiger charge is 2.27. The van der Waals surface area contributed by atoms with E-state index in [0.717, 1.165) is 4.57 Å². The van der Waals surface area contributed by atoms with Crippen LogP contribution < -0.4 is 5.76 Å². The molecule has 0 atom stereocenters. The van der Waals surface area contributed by atoms with Gasteiger partial charge in [0.2, 0.25) is 0 Å². The predicted octanol–water partition coefficient (Wildman–Crippen LogP) is 1.99. The number of pyridine rings is 1. The van der Waals surface area contributed by atoms with Crippen LogP contribution in [0.25, 0.3) is 11.4 Å². The lowest BCUT2D eigenvalue weighted by Crippen LogP contribution is -2.46. The molecule has 0 aliphatic heterocycles. The molecular formula is C14H18N4O3. The van der Waals surface area contributed by atoms with E-state index in [1.165, 1.54) is 0 Å². The largest absolute Gasteiger partial charge is 0.450 e. The lowest BCUT2D eigenvalue weighted by Gasteiger charge is -2.30. The lowest BCUT2D eigenvalue weighted by atomic mass is 10.2. The van der Waals surface area contributed by atoms with Crippen molar-refractivity contribution in [3.05, 3.63) is 35.1 Å². The van der Waals surface area contributed by atoms with Gasteiger partial charge in [-0.2, -0.15) is 4.57 Å². The van der Waals surface area contributed by atoms with Crippen LogP contribution in [0.1, 0.15) is 27.7 Å². The van der Waals surface area contributed by atoms with Crippen LogP contribution in [0.5, 0.6) is 0 Å². The molecule has 0 spiro atoms. The number of carbonyl (C=O) groups is 1. The standard InChI is InChI=1S/C14H18N4O3/c1-9(2)17(10(3)4)13(19)18-12(16-21-14(18)20)11-5-7-15-8-6-11/h5-10H,1-4H3. The van der Waals surface area contributed by atoms with E-state index in [0.29, 0.717) is 5.56 Å². The molecule has 7 heteroatoms. The van der Waals surface area contributed by atoms with E-state index in [4.69, 9.17) is 0 Å². The van der Waals surface area contributed by atoms with E-state index < -0.39 is 11.8 Å². The van der Waals surface area contributed by atoms with Crippen LogP contribution in [0.3, 0.4) is 0 Å². The highest BCUT2D eigenvalue weighted by Crippen LogP contribution is 2.16. The number of hydrogen-bond donors (Lipinski definition) is 0. The van der Waals surface area contributed by atoms with Crippen molar-refractivity contribution in [1.82, 2.24) is 19.6 Å². The normalized spacial score (nSPS) is 11.1. The monoisotopic (exact) mass is 290 g/mol. The number of nitrogens with zero attached hydrogens (tertiary/aromatic N) is 4. The van der Waals surface area contributed by atoms with Gasteiger partial charge >= 0.3 is 11.8 Å². The van der Waals surface area contributed by atoms with E-state index in [1.807, 2.05) is 27.7 Å². The van der Waals surface area contributed by atoms with Crippen LogP contribution in [-0.4, -0.2) is 37.7 Å².